The zero-order valence-corrected chi connectivity index (χ0v) is 19.8. The number of carbonyl (C=O) groups is 1. The zero-order valence-electron chi connectivity index (χ0n) is 19.0. The third kappa shape index (κ3) is 5.42. The molecule has 1 N–H and O–H groups in total. The molecule has 2 saturated carbocycles. The van der Waals surface area contributed by atoms with Crippen LogP contribution in [0.1, 0.15) is 58.3 Å². The Balaban J connectivity index is 1.31. The Morgan fingerprint density at radius 1 is 1.09 bits per heavy atom. The molecule has 32 heavy (non-hydrogen) atoms. The molecular formula is C23H34N3O5S+. The molecule has 0 spiro atoms. The van der Waals surface area contributed by atoms with Gasteiger partial charge in [-0.3, -0.25) is 4.79 Å². The van der Waals surface area contributed by atoms with Crippen LogP contribution in [0.15, 0.2) is 29.2 Å². The van der Waals surface area contributed by atoms with E-state index in [0.29, 0.717) is 31.7 Å². The van der Waals surface area contributed by atoms with E-state index in [1.165, 1.54) is 6.26 Å². The van der Waals surface area contributed by atoms with Crippen molar-refractivity contribution >= 4 is 15.7 Å². The highest BCUT2D eigenvalue weighted by Gasteiger charge is 2.49. The van der Waals surface area contributed by atoms with Crippen LogP contribution in [0.3, 0.4) is 0 Å². The minimum Gasteiger partial charge on any atom is -0.490 e. The van der Waals surface area contributed by atoms with Gasteiger partial charge in [-0.2, -0.15) is 0 Å². The number of benzene rings is 1. The van der Waals surface area contributed by atoms with Crippen LogP contribution in [0, 0.1) is 10.8 Å². The van der Waals surface area contributed by atoms with Crippen molar-refractivity contribution in [3.05, 3.63) is 29.2 Å². The quantitative estimate of drug-likeness (QED) is 0.492. The zero-order chi connectivity index (χ0) is 22.9. The number of nitrogens with one attached hydrogen (secondary N) is 1. The molecule has 0 radical (unpaired) electrons. The van der Waals surface area contributed by atoms with Gasteiger partial charge in [0.05, 0.1) is 15.3 Å². The summed E-state index contributed by atoms with van der Waals surface area (Å²) in [6.07, 6.45) is 8.10. The Kier molecular flexibility index (Phi) is 6.47. The van der Waals surface area contributed by atoms with E-state index in [-0.39, 0.29) is 34.4 Å². The topological polar surface area (TPSA) is 95.8 Å². The van der Waals surface area contributed by atoms with E-state index in [1.807, 2.05) is 4.90 Å². The molecule has 2 atom stereocenters. The van der Waals surface area contributed by atoms with Crippen LogP contribution < -0.4 is 10.2 Å². The first-order valence-corrected chi connectivity index (χ1v) is 13.5. The maximum atomic E-state index is 13.3. The van der Waals surface area contributed by atoms with Crippen molar-refractivity contribution in [2.24, 2.45) is 5.92 Å². The predicted octanol–water partition coefficient (Wildman–Crippen LogP) is 2.85. The molecule has 0 aromatic heterocycles. The average Bonchev–Trinajstić information content (AvgIpc) is 3.50. The lowest BCUT2D eigenvalue weighted by molar-refractivity contribution is -0.655. The van der Waals surface area contributed by atoms with Crippen LogP contribution >= 0.6 is 0 Å². The van der Waals surface area contributed by atoms with Gasteiger partial charge >= 0.3 is 0 Å². The van der Waals surface area contributed by atoms with Gasteiger partial charge in [0, 0.05) is 38.6 Å². The van der Waals surface area contributed by atoms with Gasteiger partial charge in [-0.05, 0) is 56.9 Å². The minimum absolute atomic E-state index is 0.0159. The first-order valence-electron chi connectivity index (χ1n) is 11.6. The number of rotatable bonds is 7. The second-order valence-corrected chi connectivity index (χ2v) is 11.9. The summed E-state index contributed by atoms with van der Waals surface area (Å²) in [5.41, 5.74) is 2.99. The molecule has 9 heteroatoms. The third-order valence-electron chi connectivity index (χ3n) is 7.04. The van der Waals surface area contributed by atoms with Crippen molar-refractivity contribution in [2.75, 3.05) is 19.3 Å². The van der Waals surface area contributed by atoms with Crippen LogP contribution in [-0.2, 0) is 14.6 Å². The van der Waals surface area contributed by atoms with Crippen LogP contribution in [0.25, 0.3) is 0 Å². The molecule has 1 heterocycles. The first kappa shape index (κ1) is 23.0. The number of hydrogen-bond acceptors (Lipinski definition) is 5. The van der Waals surface area contributed by atoms with Crippen LogP contribution in [-0.4, -0.2) is 61.1 Å². The number of piperidine rings is 1. The van der Waals surface area contributed by atoms with Crippen molar-refractivity contribution in [2.45, 2.75) is 80.9 Å². The Morgan fingerprint density at radius 3 is 2.31 bits per heavy atom. The van der Waals surface area contributed by atoms with Gasteiger partial charge in [0.2, 0.25) is 11.9 Å². The molecule has 1 aromatic rings. The maximum absolute atomic E-state index is 13.3. The Labute approximate surface area is 190 Å². The lowest BCUT2D eigenvalue weighted by Gasteiger charge is -2.35. The molecule has 1 saturated heterocycles. The fourth-order valence-corrected chi connectivity index (χ4v) is 5.35. The predicted molar refractivity (Wildman–Crippen MR) is 120 cm³/mol. The average molecular weight is 465 g/mol. The van der Waals surface area contributed by atoms with Crippen molar-refractivity contribution in [3.8, 4) is 5.75 Å². The molecular weight excluding hydrogens is 430 g/mol. The number of amides is 1. The summed E-state index contributed by atoms with van der Waals surface area (Å²) in [7, 11) is -3.23. The summed E-state index contributed by atoms with van der Waals surface area (Å²) < 4.78 is 29.2. The van der Waals surface area contributed by atoms with Gasteiger partial charge in [0.25, 0.3) is 0 Å². The van der Waals surface area contributed by atoms with E-state index in [2.05, 4.69) is 12.3 Å². The summed E-state index contributed by atoms with van der Waals surface area (Å²) >= 11 is 0. The summed E-state index contributed by atoms with van der Waals surface area (Å²) in [4.78, 5) is 29.2. The van der Waals surface area contributed by atoms with E-state index in [4.69, 9.17) is 4.74 Å². The van der Waals surface area contributed by atoms with Crippen molar-refractivity contribution in [1.29, 1.82) is 0 Å². The number of ether oxygens (including phenoxy) is 1. The molecule has 1 aromatic carbocycles. The second-order valence-electron chi connectivity index (χ2n) is 9.84. The molecule has 4 rings (SSSR count). The van der Waals surface area contributed by atoms with E-state index in [9.17, 15) is 18.1 Å². The van der Waals surface area contributed by atoms with E-state index >= 15 is 0 Å². The number of nitroso groups, excluding NO2 is 1. The number of hydrazine groups is 1. The van der Waals surface area contributed by atoms with Crippen LogP contribution in [0.4, 0.5) is 0 Å². The van der Waals surface area contributed by atoms with Gasteiger partial charge in [-0.25, -0.2) is 8.42 Å². The minimum atomic E-state index is -3.23. The van der Waals surface area contributed by atoms with Gasteiger partial charge in [-0.15, -0.1) is 5.43 Å². The molecule has 1 aliphatic heterocycles. The highest BCUT2D eigenvalue weighted by molar-refractivity contribution is 7.90. The highest BCUT2D eigenvalue weighted by Crippen LogP contribution is 2.36. The Morgan fingerprint density at radius 2 is 1.72 bits per heavy atom. The molecule has 8 nitrogen and oxygen atoms in total. The van der Waals surface area contributed by atoms with Gasteiger partial charge in [0.1, 0.15) is 22.6 Å². The molecule has 2 aliphatic carbocycles. The SMILES string of the molecule is CC1(N[N+](=O)[C@@H]2CCCC[C@H]2C(=O)N2CCC(Oc3ccc(S(C)(=O)=O)cc3)CC2)CC1. The van der Waals surface area contributed by atoms with Crippen molar-refractivity contribution < 1.29 is 22.8 Å². The Bertz CT molecular complexity index is 950. The van der Waals surface area contributed by atoms with Crippen LogP contribution in [0.5, 0.6) is 5.75 Å². The molecule has 3 aliphatic rings. The van der Waals surface area contributed by atoms with E-state index < -0.39 is 9.84 Å². The second kappa shape index (κ2) is 9.00. The third-order valence-corrected chi connectivity index (χ3v) is 8.16. The molecule has 0 bridgehead atoms. The normalized spacial score (nSPS) is 25.8. The maximum Gasteiger partial charge on any atom is 0.245 e. The fraction of sp³-hybridized carbons (Fsp3) is 0.696. The lowest BCUT2D eigenvalue weighted by atomic mass is 9.83. The monoisotopic (exact) mass is 464 g/mol. The number of nitrogens with zero attached hydrogens (tertiary/aromatic N) is 2. The van der Waals surface area contributed by atoms with Gasteiger partial charge < -0.3 is 9.64 Å². The largest absolute Gasteiger partial charge is 0.490 e. The molecule has 0 unspecified atom stereocenters. The first-order chi connectivity index (χ1) is 15.1. The van der Waals surface area contributed by atoms with E-state index in [1.54, 1.807) is 24.3 Å². The lowest BCUT2D eigenvalue weighted by Crippen LogP contribution is -2.53. The molecule has 176 valence electrons. The van der Waals surface area contributed by atoms with Gasteiger partial charge in [0.15, 0.2) is 9.84 Å². The summed E-state index contributed by atoms with van der Waals surface area (Å²) in [5.74, 6) is 0.475. The van der Waals surface area contributed by atoms with Crippen molar-refractivity contribution in [1.82, 2.24) is 10.3 Å². The standard InChI is InChI=1S/C23H34N3O5S/c1-23(13-14-23)24-26(28)21-6-4-3-5-20(21)22(27)25-15-11-18(12-16-25)31-17-7-9-19(10-8-17)32(2,29)30/h7-10,18,20-21H,3-6,11-16H2,1-2H3,(H,24,28)/q+1/t20-,21-/m1/s1. The number of carbonyl (C=O) groups excluding carboxylic acids is 1. The van der Waals surface area contributed by atoms with Crippen LogP contribution in [0.2, 0.25) is 0 Å². The number of hydrogen-bond donors (Lipinski definition) is 1. The number of likely N-dealkylation sites (tertiary alicyclic amines) is 1. The summed E-state index contributed by atoms with van der Waals surface area (Å²) in [5, 5.41) is 0. The summed E-state index contributed by atoms with van der Waals surface area (Å²) in [6.45, 7) is 3.27. The fourth-order valence-electron chi connectivity index (χ4n) is 4.71. The van der Waals surface area contributed by atoms with Gasteiger partial charge in [-0.1, -0.05) is 6.42 Å². The molecule has 3 fully saturated rings. The summed E-state index contributed by atoms with van der Waals surface area (Å²) in [6, 6.07) is 6.17. The Hall–Kier alpha value is -2.16. The molecule has 1 amide bonds. The smallest absolute Gasteiger partial charge is 0.245 e. The number of sulfone groups is 1. The van der Waals surface area contributed by atoms with Crippen molar-refractivity contribution in [3.63, 3.8) is 0 Å². The highest BCUT2D eigenvalue weighted by atomic mass is 32.2. The van der Waals surface area contributed by atoms with E-state index in [0.717, 1.165) is 43.4 Å².